The molecule has 1 aliphatic heterocycles. The van der Waals surface area contributed by atoms with Gasteiger partial charge in [-0.3, -0.25) is 24.0 Å². The number of Topliss-reactive ketones (excluding diaryl/α,β-unsaturated/α-hetero) is 2. The zero-order valence-electron chi connectivity index (χ0n) is 33.8. The number of para-hydroxylation sites is 1. The molecule has 2 N–H and O–H groups in total. The standard InChI is InChI=1S/C43H52N6O9S/c1-28(2)31-17-15-30(16-18-31)24-45-43(54)38(59(55,56)57)25-44-39(52)19-20-40(53)48-26-32-10-5-6-12-34(32)41-42(35-13-7-8-14-36(35)48)49(47-46-41)27-33(50)11-9-22-58-23-21-37(51)29(3)4/h5-8,10,12-18,28-29,38H,9,11,19-27H2,1-4H3,(H,44,52)(H,45,54)(H,55,56,57)/p-1. The summed E-state index contributed by atoms with van der Waals surface area (Å²) in [6.45, 7) is 7.67. The molecule has 0 bridgehead atoms. The van der Waals surface area contributed by atoms with E-state index in [-0.39, 0.29) is 56.4 Å². The SMILES string of the molecule is CC(C)C(=O)CCOCCCC(=O)Cn1nnc2c1-c1ccccc1N(C(=O)CCC(=O)NCC(C(=O)NCc1ccc(C(C)C)cc1)S(=O)(=O)[O-])Cc1ccccc1-2. The third-order valence-corrected chi connectivity index (χ3v) is 11.2. The number of aromatic nitrogens is 3. The molecule has 4 aromatic rings. The van der Waals surface area contributed by atoms with Crippen molar-refractivity contribution in [3.05, 3.63) is 89.5 Å². The summed E-state index contributed by atoms with van der Waals surface area (Å²) in [6, 6.07) is 21.9. The van der Waals surface area contributed by atoms with Gasteiger partial charge in [-0.15, -0.1) is 5.10 Å². The van der Waals surface area contributed by atoms with Crippen LogP contribution < -0.4 is 15.5 Å². The number of amides is 3. The summed E-state index contributed by atoms with van der Waals surface area (Å²) < 4.78 is 43.3. The van der Waals surface area contributed by atoms with Crippen molar-refractivity contribution in [1.29, 1.82) is 0 Å². The Morgan fingerprint density at radius 1 is 0.831 bits per heavy atom. The molecule has 0 spiro atoms. The Kier molecular flexibility index (Phi) is 15.4. The van der Waals surface area contributed by atoms with Crippen LogP contribution in [-0.4, -0.2) is 82.3 Å². The molecule has 1 unspecified atom stereocenters. The second-order valence-electron chi connectivity index (χ2n) is 15.1. The number of benzene rings is 3. The summed E-state index contributed by atoms with van der Waals surface area (Å²) in [7, 11) is -5.15. The van der Waals surface area contributed by atoms with Gasteiger partial charge in [0.1, 0.15) is 33.4 Å². The van der Waals surface area contributed by atoms with Crippen LogP contribution in [0.5, 0.6) is 0 Å². The number of ether oxygens (including phenoxy) is 1. The Labute approximate surface area is 344 Å². The number of hydrogen-bond donors (Lipinski definition) is 2. The third-order valence-electron chi connectivity index (χ3n) is 10.1. The Hall–Kier alpha value is -5.58. The second kappa shape index (κ2) is 20.4. The first-order valence-electron chi connectivity index (χ1n) is 19.8. The highest BCUT2D eigenvalue weighted by Gasteiger charge is 2.30. The molecule has 0 saturated heterocycles. The topological polar surface area (TPSA) is 210 Å². The summed E-state index contributed by atoms with van der Waals surface area (Å²) in [5.41, 5.74) is 5.43. The van der Waals surface area contributed by atoms with Crippen LogP contribution in [0.3, 0.4) is 0 Å². The normalized spacial score (nSPS) is 12.8. The maximum Gasteiger partial charge on any atom is 0.239 e. The molecule has 0 fully saturated rings. The number of rotatable bonds is 20. The summed E-state index contributed by atoms with van der Waals surface area (Å²) in [5, 5.41) is 11.6. The van der Waals surface area contributed by atoms with Gasteiger partial charge in [0.05, 0.1) is 24.5 Å². The molecule has 5 rings (SSSR count). The third kappa shape index (κ3) is 12.0. The van der Waals surface area contributed by atoms with E-state index in [1.165, 1.54) is 9.58 Å². The van der Waals surface area contributed by atoms with E-state index in [0.717, 1.165) is 11.1 Å². The van der Waals surface area contributed by atoms with Crippen LogP contribution in [0.15, 0.2) is 72.8 Å². The first kappa shape index (κ1) is 44.5. The molecule has 1 aromatic heterocycles. The lowest BCUT2D eigenvalue weighted by Gasteiger charge is -2.28. The first-order valence-corrected chi connectivity index (χ1v) is 21.2. The van der Waals surface area contributed by atoms with E-state index in [1.807, 2.05) is 64.1 Å². The summed E-state index contributed by atoms with van der Waals surface area (Å²) in [5.74, 6) is -1.92. The van der Waals surface area contributed by atoms with Crippen molar-refractivity contribution in [1.82, 2.24) is 25.6 Å². The van der Waals surface area contributed by atoms with Gasteiger partial charge in [0.2, 0.25) is 17.7 Å². The van der Waals surface area contributed by atoms with Gasteiger partial charge >= 0.3 is 0 Å². The van der Waals surface area contributed by atoms with Crippen LogP contribution in [0.2, 0.25) is 0 Å². The van der Waals surface area contributed by atoms with E-state index in [4.69, 9.17) is 4.74 Å². The minimum atomic E-state index is -5.15. The largest absolute Gasteiger partial charge is 0.747 e. The predicted octanol–water partition coefficient (Wildman–Crippen LogP) is 4.69. The molecular formula is C43H51N6O9S-. The van der Waals surface area contributed by atoms with E-state index in [0.29, 0.717) is 65.7 Å². The van der Waals surface area contributed by atoms with E-state index >= 15 is 0 Å². The van der Waals surface area contributed by atoms with E-state index in [2.05, 4.69) is 20.9 Å². The van der Waals surface area contributed by atoms with Gasteiger partial charge in [-0.05, 0) is 35.1 Å². The van der Waals surface area contributed by atoms with Gasteiger partial charge in [0.15, 0.2) is 5.78 Å². The molecule has 1 atom stereocenters. The Morgan fingerprint density at radius 3 is 2.22 bits per heavy atom. The van der Waals surface area contributed by atoms with Gasteiger partial charge in [0, 0.05) is 62.4 Å². The van der Waals surface area contributed by atoms with Gasteiger partial charge in [-0.2, -0.15) is 0 Å². The lowest BCUT2D eigenvalue weighted by molar-refractivity contribution is -0.125. The molecular weight excluding hydrogens is 777 g/mol. The Bertz CT molecular complexity index is 2250. The average Bonchev–Trinajstić information content (AvgIpc) is 3.60. The van der Waals surface area contributed by atoms with Gasteiger partial charge in [-0.25, -0.2) is 13.1 Å². The molecule has 3 aromatic carbocycles. The van der Waals surface area contributed by atoms with Crippen molar-refractivity contribution in [2.45, 2.75) is 90.6 Å². The fourth-order valence-corrected chi connectivity index (χ4v) is 7.26. The summed E-state index contributed by atoms with van der Waals surface area (Å²) in [4.78, 5) is 66.4. The molecule has 0 radical (unpaired) electrons. The number of nitrogens with zero attached hydrogens (tertiary/aromatic N) is 4. The summed E-state index contributed by atoms with van der Waals surface area (Å²) >= 11 is 0. The summed E-state index contributed by atoms with van der Waals surface area (Å²) in [6.07, 6.45) is 0.374. The number of anilines is 1. The molecule has 16 heteroatoms. The Balaban J connectivity index is 1.24. The first-order chi connectivity index (χ1) is 28.1. The fourth-order valence-electron chi connectivity index (χ4n) is 6.63. The van der Waals surface area contributed by atoms with E-state index in [1.54, 1.807) is 36.4 Å². The molecule has 1 aliphatic rings. The number of fused-ring (bicyclic) bond motifs is 5. The molecule has 0 aliphatic carbocycles. The molecule has 314 valence electrons. The van der Waals surface area contributed by atoms with Crippen LogP contribution in [0.25, 0.3) is 22.5 Å². The predicted molar refractivity (Wildman–Crippen MR) is 220 cm³/mol. The zero-order chi connectivity index (χ0) is 42.7. The fraction of sp³-hybridized carbons (Fsp3) is 0.419. The van der Waals surface area contributed by atoms with Crippen molar-refractivity contribution in [3.8, 4) is 22.5 Å². The van der Waals surface area contributed by atoms with Crippen molar-refractivity contribution in [2.24, 2.45) is 5.92 Å². The van der Waals surface area contributed by atoms with Crippen LogP contribution >= 0.6 is 0 Å². The van der Waals surface area contributed by atoms with Crippen LogP contribution in [0.4, 0.5) is 5.69 Å². The number of hydrogen-bond acceptors (Lipinski definition) is 11. The van der Waals surface area contributed by atoms with Crippen LogP contribution in [0, 0.1) is 5.92 Å². The van der Waals surface area contributed by atoms with Gasteiger partial charge < -0.3 is 24.8 Å². The van der Waals surface area contributed by atoms with Crippen molar-refractivity contribution < 1.29 is 41.7 Å². The average molecular weight is 828 g/mol. The molecule has 3 amide bonds. The number of ketones is 2. The quantitative estimate of drug-likeness (QED) is 0.0923. The van der Waals surface area contributed by atoms with E-state index in [9.17, 15) is 36.9 Å². The van der Waals surface area contributed by atoms with E-state index < -0.39 is 39.6 Å². The maximum atomic E-state index is 14.0. The maximum absolute atomic E-state index is 14.0. The minimum Gasteiger partial charge on any atom is -0.747 e. The van der Waals surface area contributed by atoms with Crippen molar-refractivity contribution in [2.75, 3.05) is 24.7 Å². The zero-order valence-corrected chi connectivity index (χ0v) is 34.6. The number of carbonyl (C=O) groups is 5. The lowest BCUT2D eigenvalue weighted by Crippen LogP contribution is -2.47. The van der Waals surface area contributed by atoms with Crippen LogP contribution in [-0.2, 0) is 58.5 Å². The minimum absolute atomic E-state index is 0.0141. The molecule has 0 saturated carbocycles. The Morgan fingerprint density at radius 2 is 1.53 bits per heavy atom. The van der Waals surface area contributed by atoms with Gasteiger partial charge in [0.25, 0.3) is 0 Å². The molecule has 15 nitrogen and oxygen atoms in total. The monoisotopic (exact) mass is 827 g/mol. The van der Waals surface area contributed by atoms with Gasteiger partial charge in [-0.1, -0.05) is 99.6 Å². The smallest absolute Gasteiger partial charge is 0.239 e. The lowest BCUT2D eigenvalue weighted by atomic mass is 9.95. The van der Waals surface area contributed by atoms with Crippen molar-refractivity contribution in [3.63, 3.8) is 0 Å². The van der Waals surface area contributed by atoms with Crippen molar-refractivity contribution >= 4 is 45.1 Å². The molecule has 2 heterocycles. The number of nitrogens with one attached hydrogen (secondary N) is 2. The highest BCUT2D eigenvalue weighted by molar-refractivity contribution is 7.87. The highest BCUT2D eigenvalue weighted by atomic mass is 32.2. The highest BCUT2D eigenvalue weighted by Crippen LogP contribution is 2.41. The molecule has 59 heavy (non-hydrogen) atoms. The number of carbonyl (C=O) groups excluding carboxylic acids is 5. The second-order valence-corrected chi connectivity index (χ2v) is 16.7. The van der Waals surface area contributed by atoms with Crippen LogP contribution in [0.1, 0.15) is 82.4 Å².